The standard InChI is InChI=1S/C19H21ClO6S/c1-13(18(21)19(2,3)4)27(26-20(22,23)24)16-11-7-5-9-14(16)25-15-10-6-8-12-17(15)27/h5-13H,1-4H3. The predicted molar refractivity (Wildman–Crippen MR) is 92.1 cm³/mol. The van der Waals surface area contributed by atoms with Gasteiger partial charge in [-0.15, -0.1) is 0 Å². The van der Waals surface area contributed by atoms with E-state index >= 15 is 0 Å². The molecule has 0 bridgehead atoms. The molecular weight excluding hydrogens is 392 g/mol. The van der Waals surface area contributed by atoms with E-state index in [4.69, 9.17) is 8.47 Å². The summed E-state index contributed by atoms with van der Waals surface area (Å²) >= 11 is 0. The fourth-order valence-corrected chi connectivity index (χ4v) is 8.18. The van der Waals surface area contributed by atoms with Crippen LogP contribution in [0, 0.1) is 15.7 Å². The summed E-state index contributed by atoms with van der Waals surface area (Å²) in [5.41, 5.74) is -0.755. The molecule has 2 aromatic carbocycles. The first-order valence-corrected chi connectivity index (χ1v) is 11.2. The fourth-order valence-electron chi connectivity index (χ4n) is 3.19. The molecule has 0 fully saturated rings. The Balaban J connectivity index is 2.35. The molecule has 3 rings (SSSR count). The lowest BCUT2D eigenvalue weighted by Crippen LogP contribution is -2.62. The van der Waals surface area contributed by atoms with Crippen molar-refractivity contribution < 1.29 is 37.5 Å². The molecule has 0 saturated heterocycles. The maximum atomic E-state index is 13.2. The number of carbonyl (C=O) groups is 1. The highest BCUT2D eigenvalue weighted by Crippen LogP contribution is 2.74. The van der Waals surface area contributed by atoms with Crippen molar-refractivity contribution in [1.29, 1.82) is 0 Å². The van der Waals surface area contributed by atoms with Gasteiger partial charge in [-0.3, -0.25) is 4.79 Å². The first-order chi connectivity index (χ1) is 12.5. The lowest BCUT2D eigenvalue weighted by atomic mass is 9.89. The summed E-state index contributed by atoms with van der Waals surface area (Å²) in [5, 5.41) is -0.889. The quantitative estimate of drug-likeness (QED) is 0.758. The number of benzene rings is 2. The first-order valence-electron chi connectivity index (χ1n) is 8.31. The summed E-state index contributed by atoms with van der Waals surface area (Å²) in [5.74, 6) is 0.542. The molecule has 8 heteroatoms. The van der Waals surface area contributed by atoms with E-state index in [0.29, 0.717) is 21.3 Å². The van der Waals surface area contributed by atoms with Crippen LogP contribution >= 0.6 is 10.3 Å². The van der Waals surface area contributed by atoms with Crippen LogP contribution in [-0.2, 0) is 8.53 Å². The lowest BCUT2D eigenvalue weighted by molar-refractivity contribution is -1.91. The first kappa shape index (κ1) is 20.1. The molecule has 0 aliphatic carbocycles. The maximum Gasteiger partial charge on any atom is 0.152 e. The van der Waals surface area contributed by atoms with E-state index in [2.05, 4.69) is 0 Å². The summed E-state index contributed by atoms with van der Waals surface area (Å²) in [7, 11) is -7.82. The molecule has 0 saturated carbocycles. The van der Waals surface area contributed by atoms with Gasteiger partial charge in [-0.25, -0.2) is 0 Å². The van der Waals surface area contributed by atoms with Gasteiger partial charge in [-0.05, 0) is 31.2 Å². The van der Waals surface area contributed by atoms with Crippen LogP contribution in [0.25, 0.3) is 0 Å². The van der Waals surface area contributed by atoms with Crippen molar-refractivity contribution >= 4 is 16.1 Å². The summed E-state index contributed by atoms with van der Waals surface area (Å²) in [4.78, 5) is 14.0. The Morgan fingerprint density at radius 3 is 1.85 bits per heavy atom. The zero-order valence-electron chi connectivity index (χ0n) is 15.4. The van der Waals surface area contributed by atoms with Gasteiger partial charge in [0.25, 0.3) is 0 Å². The second kappa shape index (κ2) is 6.77. The smallest absolute Gasteiger partial charge is 0.152 e. The van der Waals surface area contributed by atoms with Crippen LogP contribution in [0.2, 0.25) is 0 Å². The Hall–Kier alpha value is -1.61. The predicted octanol–water partition coefficient (Wildman–Crippen LogP) is 1.85. The van der Waals surface area contributed by atoms with E-state index in [-0.39, 0.29) is 5.78 Å². The summed E-state index contributed by atoms with van der Waals surface area (Å²) < 4.78 is 46.5. The fraction of sp³-hybridized carbons (Fsp3) is 0.316. The molecule has 1 heterocycles. The van der Waals surface area contributed by atoms with Crippen LogP contribution < -0.4 is 18.7 Å². The van der Waals surface area contributed by atoms with E-state index in [1.165, 1.54) is 0 Å². The molecule has 1 aliphatic rings. The van der Waals surface area contributed by atoms with Gasteiger partial charge in [0.2, 0.25) is 0 Å². The monoisotopic (exact) mass is 412 g/mol. The van der Waals surface area contributed by atoms with E-state index in [9.17, 15) is 18.8 Å². The van der Waals surface area contributed by atoms with Crippen molar-refractivity contribution in [3.8, 4) is 11.5 Å². The molecular formula is C19H21ClO6S. The normalized spacial score (nSPS) is 17.9. The highest BCUT2D eigenvalue weighted by Gasteiger charge is 2.57. The number of carbonyl (C=O) groups excluding carboxylic acids is 1. The number of para-hydroxylation sites is 2. The molecule has 27 heavy (non-hydrogen) atoms. The molecule has 0 aromatic heterocycles. The van der Waals surface area contributed by atoms with Gasteiger partial charge >= 0.3 is 0 Å². The molecule has 1 aliphatic heterocycles. The Labute approximate surface area is 162 Å². The number of rotatable bonds is 4. The SMILES string of the molecule is CC(C(=O)C(C)(C)C)S1(O[Cl+3]([O-])([O-])[O-])c2ccccc2Oc2ccccc21. The van der Waals surface area contributed by atoms with Crippen molar-refractivity contribution in [2.24, 2.45) is 5.41 Å². The van der Waals surface area contributed by atoms with Gasteiger partial charge in [0.1, 0.15) is 15.2 Å². The van der Waals surface area contributed by atoms with E-state index in [0.717, 1.165) is 0 Å². The highest BCUT2D eigenvalue weighted by molar-refractivity contribution is 8.31. The highest BCUT2D eigenvalue weighted by atomic mass is 35.7. The Bertz CT molecular complexity index is 825. The minimum atomic E-state index is -4.80. The van der Waals surface area contributed by atoms with Gasteiger partial charge in [0.05, 0.1) is 35.6 Å². The zero-order valence-corrected chi connectivity index (χ0v) is 17.0. The molecule has 6 nitrogen and oxygen atoms in total. The van der Waals surface area contributed by atoms with E-state index < -0.39 is 31.2 Å². The lowest BCUT2D eigenvalue weighted by Gasteiger charge is -2.43. The summed E-state index contributed by atoms with van der Waals surface area (Å²) in [6, 6.07) is 13.5. The van der Waals surface area contributed by atoms with Crippen molar-refractivity contribution in [3.05, 3.63) is 48.5 Å². The minimum absolute atomic E-state index is 0.206. The number of ketones is 1. The van der Waals surface area contributed by atoms with Crippen LogP contribution in [-0.4, -0.2) is 11.0 Å². The third-order valence-electron chi connectivity index (χ3n) is 4.35. The van der Waals surface area contributed by atoms with Crippen LogP contribution in [0.4, 0.5) is 0 Å². The molecule has 2 aromatic rings. The average molecular weight is 413 g/mol. The molecule has 146 valence electrons. The summed E-state index contributed by atoms with van der Waals surface area (Å²) in [6.07, 6.45) is 0. The van der Waals surface area contributed by atoms with Crippen molar-refractivity contribution in [2.75, 3.05) is 0 Å². The van der Waals surface area contributed by atoms with Crippen LogP contribution in [0.5, 0.6) is 11.5 Å². The largest absolute Gasteiger partial charge is 0.455 e. The van der Waals surface area contributed by atoms with E-state index in [1.807, 2.05) is 0 Å². The number of hydrogen-bond donors (Lipinski definition) is 0. The second-order valence-corrected chi connectivity index (χ2v) is 11.3. The average Bonchev–Trinajstić information content (AvgIpc) is 2.58. The number of halogens is 1. The van der Waals surface area contributed by atoms with Gasteiger partial charge in [0, 0.05) is 5.41 Å². The Morgan fingerprint density at radius 2 is 1.44 bits per heavy atom. The minimum Gasteiger partial charge on any atom is -0.455 e. The molecule has 1 atom stereocenters. The number of fused-ring (bicyclic) bond motifs is 2. The van der Waals surface area contributed by atoms with E-state index in [1.54, 1.807) is 76.2 Å². The van der Waals surface area contributed by atoms with Crippen LogP contribution in [0.15, 0.2) is 58.3 Å². The third kappa shape index (κ3) is 3.59. The third-order valence-corrected chi connectivity index (χ3v) is 8.96. The Morgan fingerprint density at radius 1 is 1.00 bits per heavy atom. The van der Waals surface area contributed by atoms with Crippen molar-refractivity contribution in [1.82, 2.24) is 0 Å². The molecule has 0 amide bonds. The van der Waals surface area contributed by atoms with Gasteiger partial charge < -0.3 is 4.74 Å². The second-order valence-electron chi connectivity index (χ2n) is 7.29. The Kier molecular flexibility index (Phi) is 5.05. The topological polar surface area (TPSA) is 105 Å². The van der Waals surface area contributed by atoms with Gasteiger partial charge in [-0.1, -0.05) is 45.0 Å². The zero-order chi connectivity index (χ0) is 20.0. The molecule has 0 spiro atoms. The molecule has 0 N–H and O–H groups in total. The summed E-state index contributed by atoms with van der Waals surface area (Å²) in [6.45, 7) is 6.86. The van der Waals surface area contributed by atoms with Crippen LogP contribution in [0.1, 0.15) is 27.7 Å². The number of ether oxygens (including phenoxy) is 1. The van der Waals surface area contributed by atoms with Crippen LogP contribution in [0.3, 0.4) is 0 Å². The number of hydrogen-bond acceptors (Lipinski definition) is 6. The molecule has 1 unspecified atom stereocenters. The molecule has 0 radical (unpaired) electrons. The maximum absolute atomic E-state index is 13.2. The van der Waals surface area contributed by atoms with Gasteiger partial charge in [-0.2, -0.15) is 14.0 Å². The number of Topliss-reactive ketones (excluding diaryl/α,β-unsaturated/α-hetero) is 1. The van der Waals surface area contributed by atoms with Crippen molar-refractivity contribution in [2.45, 2.75) is 42.7 Å². The van der Waals surface area contributed by atoms with Gasteiger partial charge in [0.15, 0.2) is 5.78 Å². The van der Waals surface area contributed by atoms with Crippen molar-refractivity contribution in [3.63, 3.8) is 0 Å².